The van der Waals surface area contributed by atoms with Crippen LogP contribution in [0.15, 0.2) is 55.3 Å². The Morgan fingerprint density at radius 3 is 2.50 bits per heavy atom. The fourth-order valence-corrected chi connectivity index (χ4v) is 4.51. The molecule has 0 fully saturated rings. The van der Waals surface area contributed by atoms with E-state index in [1.807, 2.05) is 58.2 Å². The molecule has 34 heavy (non-hydrogen) atoms. The number of fused-ring (bicyclic) bond motifs is 1. The molecule has 2 unspecified atom stereocenters. The van der Waals surface area contributed by atoms with Gasteiger partial charge in [0.1, 0.15) is 5.72 Å². The number of aromatic nitrogens is 1. The average molecular weight is 467 g/mol. The number of ether oxygens (including phenoxy) is 2. The van der Waals surface area contributed by atoms with Crippen LogP contribution in [0.25, 0.3) is 10.9 Å². The number of likely N-dealkylation sites (N-methyl/N-ethyl adjacent to an activating group) is 1. The van der Waals surface area contributed by atoms with Crippen molar-refractivity contribution in [2.24, 2.45) is 0 Å². The minimum atomic E-state index is -1.40. The summed E-state index contributed by atoms with van der Waals surface area (Å²) in [5.74, 6) is 0.782. The molecule has 0 bridgehead atoms. The number of benzene rings is 2. The van der Waals surface area contributed by atoms with Crippen LogP contribution >= 0.6 is 0 Å². The third-order valence-corrected chi connectivity index (χ3v) is 6.02. The van der Waals surface area contributed by atoms with Crippen LogP contribution < -0.4 is 9.47 Å². The Balaban J connectivity index is 0.00000199. The van der Waals surface area contributed by atoms with E-state index in [2.05, 4.69) is 23.7 Å². The van der Waals surface area contributed by atoms with Gasteiger partial charge in [0.2, 0.25) is 5.91 Å². The highest BCUT2D eigenvalue weighted by molar-refractivity contribution is 5.87. The highest BCUT2D eigenvalue weighted by atomic mass is 16.5. The van der Waals surface area contributed by atoms with Gasteiger partial charge in [0, 0.05) is 36.0 Å². The lowest BCUT2D eigenvalue weighted by Crippen LogP contribution is -2.50. The van der Waals surface area contributed by atoms with Crippen molar-refractivity contribution in [2.75, 3.05) is 20.8 Å². The Morgan fingerprint density at radius 2 is 1.91 bits per heavy atom. The molecule has 1 amide bonds. The molecule has 0 saturated heterocycles. The van der Waals surface area contributed by atoms with Gasteiger partial charge in [-0.2, -0.15) is 0 Å². The maximum atomic E-state index is 12.4. The van der Waals surface area contributed by atoms with Gasteiger partial charge in [0.25, 0.3) is 0 Å². The van der Waals surface area contributed by atoms with Crippen LogP contribution in [0.4, 0.5) is 0 Å². The molecule has 6 nitrogen and oxygen atoms in total. The van der Waals surface area contributed by atoms with E-state index in [1.54, 1.807) is 21.1 Å². The van der Waals surface area contributed by atoms with E-state index in [4.69, 9.17) is 9.47 Å². The zero-order chi connectivity index (χ0) is 25.5. The van der Waals surface area contributed by atoms with Gasteiger partial charge in [0.15, 0.2) is 11.5 Å². The predicted molar refractivity (Wildman–Crippen MR) is 139 cm³/mol. The Kier molecular flexibility index (Phi) is 9.33. The molecule has 1 aromatic heterocycles. The van der Waals surface area contributed by atoms with E-state index >= 15 is 0 Å². The van der Waals surface area contributed by atoms with E-state index in [1.165, 1.54) is 11.0 Å². The lowest BCUT2D eigenvalue weighted by atomic mass is 9.83. The first kappa shape index (κ1) is 27.0. The lowest BCUT2D eigenvalue weighted by molar-refractivity contribution is -0.152. The summed E-state index contributed by atoms with van der Waals surface area (Å²) in [6.45, 7) is 13.4. The predicted octanol–water partition coefficient (Wildman–Crippen LogP) is 5.78. The quantitative estimate of drug-likeness (QED) is 0.309. The van der Waals surface area contributed by atoms with Gasteiger partial charge in [-0.15, -0.1) is 0 Å². The molecule has 3 aromatic rings. The van der Waals surface area contributed by atoms with Crippen molar-refractivity contribution in [3.8, 4) is 11.5 Å². The number of amides is 1. The minimum Gasteiger partial charge on any atom is -0.493 e. The van der Waals surface area contributed by atoms with E-state index in [9.17, 15) is 9.90 Å². The summed E-state index contributed by atoms with van der Waals surface area (Å²) in [6.07, 6.45) is 3.50. The van der Waals surface area contributed by atoms with Crippen LogP contribution in [0, 0.1) is 6.92 Å². The number of H-pyrrole nitrogens is 1. The normalized spacial score (nSPS) is 13.3. The molecular formula is C28H38N2O4. The molecule has 0 aliphatic carbocycles. The Morgan fingerprint density at radius 1 is 1.24 bits per heavy atom. The first-order valence-electron chi connectivity index (χ1n) is 11.7. The fourth-order valence-electron chi connectivity index (χ4n) is 4.51. The first-order chi connectivity index (χ1) is 16.3. The van der Waals surface area contributed by atoms with E-state index < -0.39 is 5.72 Å². The van der Waals surface area contributed by atoms with Crippen LogP contribution in [0.2, 0.25) is 0 Å². The largest absolute Gasteiger partial charge is 0.493 e. The van der Waals surface area contributed by atoms with Gasteiger partial charge in [-0.3, -0.25) is 4.79 Å². The second-order valence-corrected chi connectivity index (χ2v) is 8.12. The Bertz CT molecular complexity index is 1120. The third kappa shape index (κ3) is 5.45. The molecule has 6 heteroatoms. The van der Waals surface area contributed by atoms with Gasteiger partial charge in [-0.25, -0.2) is 0 Å². The van der Waals surface area contributed by atoms with Crippen molar-refractivity contribution < 1.29 is 19.4 Å². The molecular weight excluding hydrogens is 428 g/mol. The number of para-hydroxylation sites is 1. The number of carbonyl (C=O) groups is 1. The average Bonchev–Trinajstić information content (AvgIpc) is 3.27. The monoisotopic (exact) mass is 466 g/mol. The number of carbonyl (C=O) groups excluding carboxylic acids is 1. The maximum Gasteiger partial charge on any atom is 0.248 e. The summed E-state index contributed by atoms with van der Waals surface area (Å²) in [6, 6.07) is 12.1. The standard InChI is InChI=1S/C26H32N2O4.C2H6/c1-7-24(29)28(8-2)26(4,30)15-20(21-16-27-22-12-10-9-11-19(21)22)18-13-17(3)25(32-6)23(14-18)31-5;1-2/h7,9-14,16,20,27,30H,1,8,15H2,2-6H3;1-2H3. The van der Waals surface area contributed by atoms with Gasteiger partial charge >= 0.3 is 0 Å². The third-order valence-electron chi connectivity index (χ3n) is 6.02. The number of methoxy groups -OCH3 is 2. The number of aromatic amines is 1. The Hall–Kier alpha value is -3.25. The summed E-state index contributed by atoms with van der Waals surface area (Å²) in [4.78, 5) is 17.2. The number of aliphatic hydroxyl groups is 1. The van der Waals surface area contributed by atoms with Crippen LogP contribution in [0.5, 0.6) is 11.5 Å². The zero-order valence-electron chi connectivity index (χ0n) is 21.4. The maximum absolute atomic E-state index is 12.4. The molecule has 2 atom stereocenters. The minimum absolute atomic E-state index is 0.216. The molecule has 184 valence electrons. The van der Waals surface area contributed by atoms with Crippen LogP contribution in [-0.2, 0) is 4.79 Å². The fraction of sp³-hybridized carbons (Fsp3) is 0.393. The number of hydrogen-bond donors (Lipinski definition) is 2. The zero-order valence-corrected chi connectivity index (χ0v) is 21.4. The number of rotatable bonds is 9. The number of nitrogens with zero attached hydrogens (tertiary/aromatic N) is 1. The smallest absolute Gasteiger partial charge is 0.248 e. The van der Waals surface area contributed by atoms with Crippen molar-refractivity contribution in [3.05, 3.63) is 71.9 Å². The van der Waals surface area contributed by atoms with Gasteiger partial charge in [0.05, 0.1) is 14.2 Å². The molecule has 0 aliphatic heterocycles. The topological polar surface area (TPSA) is 74.8 Å². The SMILES string of the molecule is C=CC(=O)N(CC)C(C)(O)CC(c1cc(C)c(OC)c(OC)c1)c1c[nH]c2ccccc12.CC. The number of hydrogen-bond acceptors (Lipinski definition) is 4. The second-order valence-electron chi connectivity index (χ2n) is 8.12. The first-order valence-corrected chi connectivity index (χ1v) is 11.7. The highest BCUT2D eigenvalue weighted by Crippen LogP contribution is 2.42. The van der Waals surface area contributed by atoms with Crippen LogP contribution in [0.3, 0.4) is 0 Å². The molecule has 2 aromatic carbocycles. The van der Waals surface area contributed by atoms with E-state index in [-0.39, 0.29) is 18.2 Å². The molecule has 3 rings (SSSR count). The van der Waals surface area contributed by atoms with Crippen LogP contribution in [-0.4, -0.2) is 47.4 Å². The summed E-state index contributed by atoms with van der Waals surface area (Å²) in [7, 11) is 3.23. The molecule has 2 N–H and O–H groups in total. The molecule has 0 saturated carbocycles. The van der Waals surface area contributed by atoms with Crippen LogP contribution in [0.1, 0.15) is 56.7 Å². The summed E-state index contributed by atoms with van der Waals surface area (Å²) >= 11 is 0. The Labute approximate surface area is 203 Å². The summed E-state index contributed by atoms with van der Waals surface area (Å²) < 4.78 is 11.1. The van der Waals surface area contributed by atoms with Gasteiger partial charge < -0.3 is 24.5 Å². The molecule has 1 heterocycles. The second kappa shape index (κ2) is 11.7. The molecule has 0 radical (unpaired) electrons. The summed E-state index contributed by atoms with van der Waals surface area (Å²) in [5, 5.41) is 12.5. The van der Waals surface area contributed by atoms with Gasteiger partial charge in [-0.05, 0) is 55.7 Å². The van der Waals surface area contributed by atoms with Crippen molar-refractivity contribution in [1.82, 2.24) is 9.88 Å². The van der Waals surface area contributed by atoms with Crippen molar-refractivity contribution in [3.63, 3.8) is 0 Å². The number of nitrogens with one attached hydrogen (secondary N) is 1. The van der Waals surface area contributed by atoms with Gasteiger partial charge in [-0.1, -0.05) is 44.7 Å². The van der Waals surface area contributed by atoms with E-state index in [0.29, 0.717) is 18.0 Å². The van der Waals surface area contributed by atoms with E-state index in [0.717, 1.165) is 27.6 Å². The lowest BCUT2D eigenvalue weighted by Gasteiger charge is -2.38. The molecule has 0 aliphatic rings. The van der Waals surface area contributed by atoms with Crippen molar-refractivity contribution in [2.45, 2.75) is 52.7 Å². The summed E-state index contributed by atoms with van der Waals surface area (Å²) in [5.41, 5.74) is 2.55. The number of aryl methyl sites for hydroxylation is 1. The highest BCUT2D eigenvalue weighted by Gasteiger charge is 2.36. The van der Waals surface area contributed by atoms with Crippen molar-refractivity contribution >= 4 is 16.8 Å². The molecule has 0 spiro atoms. The van der Waals surface area contributed by atoms with Crippen molar-refractivity contribution in [1.29, 1.82) is 0 Å².